The molecule has 35 heavy (non-hydrogen) atoms. The quantitative estimate of drug-likeness (QED) is 0.302. The lowest BCUT2D eigenvalue weighted by atomic mass is 10.1. The third kappa shape index (κ3) is 5.15. The molecule has 0 bridgehead atoms. The van der Waals surface area contributed by atoms with Crippen molar-refractivity contribution in [2.45, 2.75) is 6.61 Å². The summed E-state index contributed by atoms with van der Waals surface area (Å²) in [6.45, 7) is 0.0125. The average molecular weight is 493 g/mol. The first-order chi connectivity index (χ1) is 16.9. The van der Waals surface area contributed by atoms with Gasteiger partial charge in [0.1, 0.15) is 23.7 Å². The first-order valence-corrected chi connectivity index (χ1v) is 10.9. The van der Waals surface area contributed by atoms with Crippen molar-refractivity contribution >= 4 is 40.9 Å². The molecule has 2 amide bonds. The van der Waals surface area contributed by atoms with Gasteiger partial charge in [-0.1, -0.05) is 24.3 Å². The van der Waals surface area contributed by atoms with E-state index >= 15 is 0 Å². The van der Waals surface area contributed by atoms with Gasteiger partial charge in [0.25, 0.3) is 11.8 Å². The Morgan fingerprint density at radius 3 is 2.40 bits per heavy atom. The van der Waals surface area contributed by atoms with E-state index in [1.54, 1.807) is 60.7 Å². The number of rotatable bonds is 7. The van der Waals surface area contributed by atoms with Gasteiger partial charge < -0.3 is 14.2 Å². The molecule has 4 rings (SSSR count). The normalized spacial score (nSPS) is 14.7. The first-order valence-electron chi connectivity index (χ1n) is 10.5. The number of hydrogen-bond acceptors (Lipinski definition) is 6. The Labute approximate surface area is 206 Å². The van der Waals surface area contributed by atoms with Gasteiger partial charge in [-0.3, -0.25) is 19.8 Å². The maximum Gasteiger partial charge on any atom is 0.270 e. The molecule has 1 aliphatic heterocycles. The van der Waals surface area contributed by atoms with E-state index in [9.17, 15) is 14.0 Å². The van der Waals surface area contributed by atoms with Crippen LogP contribution >= 0.6 is 12.2 Å². The van der Waals surface area contributed by atoms with E-state index in [0.29, 0.717) is 34.1 Å². The van der Waals surface area contributed by atoms with E-state index < -0.39 is 11.8 Å². The van der Waals surface area contributed by atoms with Crippen LogP contribution in [0.3, 0.4) is 0 Å². The summed E-state index contributed by atoms with van der Waals surface area (Å²) in [5.74, 6) is -0.172. The van der Waals surface area contributed by atoms with Gasteiger partial charge in [0.2, 0.25) is 0 Å². The van der Waals surface area contributed by atoms with Crippen LogP contribution in [0.15, 0.2) is 72.3 Å². The van der Waals surface area contributed by atoms with Crippen LogP contribution in [0.5, 0.6) is 17.2 Å². The Morgan fingerprint density at radius 2 is 1.71 bits per heavy atom. The summed E-state index contributed by atoms with van der Waals surface area (Å²) in [4.78, 5) is 27.0. The van der Waals surface area contributed by atoms with Crippen LogP contribution in [0.25, 0.3) is 6.08 Å². The van der Waals surface area contributed by atoms with Crippen LogP contribution in [-0.2, 0) is 16.2 Å². The highest BCUT2D eigenvalue weighted by Crippen LogP contribution is 2.31. The molecule has 1 fully saturated rings. The molecule has 1 saturated heterocycles. The van der Waals surface area contributed by atoms with Crippen LogP contribution in [0.2, 0.25) is 0 Å². The molecule has 0 aliphatic carbocycles. The summed E-state index contributed by atoms with van der Waals surface area (Å²) in [6, 6.07) is 18.0. The van der Waals surface area contributed by atoms with E-state index in [4.69, 9.17) is 26.4 Å². The molecular weight excluding hydrogens is 471 g/mol. The summed E-state index contributed by atoms with van der Waals surface area (Å²) in [5.41, 5.74) is 1.32. The molecule has 3 aromatic rings. The van der Waals surface area contributed by atoms with Crippen LogP contribution in [0, 0.1) is 5.82 Å². The smallest absolute Gasteiger partial charge is 0.270 e. The number of nitrogens with zero attached hydrogens (tertiary/aromatic N) is 1. The minimum atomic E-state index is -0.608. The SMILES string of the molecule is COc1ccc(N2C(=O)/C(=C/c3ccc(OCc4ccccc4F)c(OC)c3)C(=O)NC2=S)cc1. The number of ether oxygens (including phenoxy) is 3. The van der Waals surface area contributed by atoms with Crippen molar-refractivity contribution in [3.8, 4) is 17.2 Å². The molecule has 0 atom stereocenters. The van der Waals surface area contributed by atoms with Gasteiger partial charge >= 0.3 is 0 Å². The lowest BCUT2D eigenvalue weighted by Crippen LogP contribution is -2.54. The van der Waals surface area contributed by atoms with Gasteiger partial charge in [0.15, 0.2) is 16.6 Å². The fourth-order valence-corrected chi connectivity index (χ4v) is 3.74. The van der Waals surface area contributed by atoms with Gasteiger partial charge in [-0.15, -0.1) is 0 Å². The fourth-order valence-electron chi connectivity index (χ4n) is 3.45. The Hall–Kier alpha value is -4.24. The second-order valence-corrected chi connectivity index (χ2v) is 7.83. The second kappa shape index (κ2) is 10.4. The van der Waals surface area contributed by atoms with E-state index in [0.717, 1.165) is 0 Å². The molecule has 0 radical (unpaired) electrons. The van der Waals surface area contributed by atoms with Crippen LogP contribution in [-0.4, -0.2) is 31.1 Å². The molecule has 1 heterocycles. The number of anilines is 1. The summed E-state index contributed by atoms with van der Waals surface area (Å²) in [7, 11) is 3.00. The maximum atomic E-state index is 13.9. The Balaban J connectivity index is 1.59. The Morgan fingerprint density at radius 1 is 0.971 bits per heavy atom. The van der Waals surface area contributed by atoms with E-state index in [1.165, 1.54) is 31.3 Å². The van der Waals surface area contributed by atoms with Crippen molar-refractivity contribution < 1.29 is 28.2 Å². The third-order valence-electron chi connectivity index (χ3n) is 5.27. The molecule has 9 heteroatoms. The molecule has 0 saturated carbocycles. The highest BCUT2D eigenvalue weighted by Gasteiger charge is 2.34. The van der Waals surface area contributed by atoms with E-state index in [1.807, 2.05) is 0 Å². The third-order valence-corrected chi connectivity index (χ3v) is 5.56. The summed E-state index contributed by atoms with van der Waals surface area (Å²) in [5, 5.41) is 2.53. The molecule has 1 N–H and O–H groups in total. The predicted octanol–water partition coefficient (Wildman–Crippen LogP) is 4.25. The summed E-state index contributed by atoms with van der Waals surface area (Å²) < 4.78 is 30.2. The number of amides is 2. The van der Waals surface area contributed by atoms with Gasteiger partial charge in [-0.25, -0.2) is 4.39 Å². The Kier molecular flexibility index (Phi) is 7.07. The number of carbonyl (C=O) groups excluding carboxylic acids is 2. The molecule has 3 aromatic carbocycles. The van der Waals surface area contributed by atoms with Crippen molar-refractivity contribution in [2.75, 3.05) is 19.1 Å². The lowest BCUT2D eigenvalue weighted by Gasteiger charge is -2.29. The number of nitrogens with one attached hydrogen (secondary N) is 1. The van der Waals surface area contributed by atoms with E-state index in [-0.39, 0.29) is 23.1 Å². The zero-order chi connectivity index (χ0) is 24.9. The molecule has 7 nitrogen and oxygen atoms in total. The van der Waals surface area contributed by atoms with E-state index in [2.05, 4.69) is 5.32 Å². The topological polar surface area (TPSA) is 77.1 Å². The zero-order valence-electron chi connectivity index (χ0n) is 18.9. The molecule has 0 unspecified atom stereocenters. The van der Waals surface area contributed by atoms with Crippen LogP contribution < -0.4 is 24.4 Å². The summed E-state index contributed by atoms with van der Waals surface area (Å²) >= 11 is 5.23. The van der Waals surface area contributed by atoms with Gasteiger partial charge in [0, 0.05) is 5.56 Å². The van der Waals surface area contributed by atoms with Crippen molar-refractivity contribution in [1.82, 2.24) is 5.32 Å². The van der Waals surface area contributed by atoms with Crippen molar-refractivity contribution in [1.29, 1.82) is 0 Å². The monoisotopic (exact) mass is 492 g/mol. The standard InChI is InChI=1S/C26H21FN2O5S/c1-32-19-10-8-18(9-11-19)29-25(31)20(24(30)28-26(29)35)13-16-7-12-22(23(14-16)33-2)34-15-17-5-3-4-6-21(17)27/h3-14H,15H2,1-2H3,(H,28,30,35)/b20-13+. The van der Waals surface area contributed by atoms with Crippen molar-refractivity contribution in [2.24, 2.45) is 0 Å². The number of halogens is 1. The predicted molar refractivity (Wildman–Crippen MR) is 133 cm³/mol. The van der Waals surface area contributed by atoms with Gasteiger partial charge in [0.05, 0.1) is 19.9 Å². The van der Waals surface area contributed by atoms with Gasteiger partial charge in [-0.05, 0) is 66.3 Å². The lowest BCUT2D eigenvalue weighted by molar-refractivity contribution is -0.122. The minimum absolute atomic E-state index is 0.0125. The molecule has 0 spiro atoms. The van der Waals surface area contributed by atoms with Crippen LogP contribution in [0.1, 0.15) is 11.1 Å². The Bertz CT molecular complexity index is 1320. The van der Waals surface area contributed by atoms with Crippen LogP contribution in [0.4, 0.5) is 10.1 Å². The van der Waals surface area contributed by atoms with Gasteiger partial charge in [-0.2, -0.15) is 0 Å². The van der Waals surface area contributed by atoms with Crippen molar-refractivity contribution in [3.05, 3.63) is 89.2 Å². The number of benzene rings is 3. The highest BCUT2D eigenvalue weighted by molar-refractivity contribution is 7.80. The first kappa shape index (κ1) is 23.9. The maximum absolute atomic E-state index is 13.9. The number of methoxy groups -OCH3 is 2. The fraction of sp³-hybridized carbons (Fsp3) is 0.115. The summed E-state index contributed by atoms with van der Waals surface area (Å²) in [6.07, 6.45) is 1.44. The number of carbonyl (C=O) groups is 2. The minimum Gasteiger partial charge on any atom is -0.497 e. The zero-order valence-corrected chi connectivity index (χ0v) is 19.7. The molecular formula is C26H21FN2O5S. The largest absolute Gasteiger partial charge is 0.497 e. The highest BCUT2D eigenvalue weighted by atomic mass is 32.1. The molecule has 0 aromatic heterocycles. The number of thiocarbonyl (C=S) groups is 1. The molecule has 1 aliphatic rings. The second-order valence-electron chi connectivity index (χ2n) is 7.45. The average Bonchev–Trinajstić information content (AvgIpc) is 2.86. The van der Waals surface area contributed by atoms with Crippen molar-refractivity contribution in [3.63, 3.8) is 0 Å². The number of hydrogen-bond donors (Lipinski definition) is 1. The molecule has 178 valence electrons.